The Labute approximate surface area is 116 Å². The van der Waals surface area contributed by atoms with Crippen LogP contribution in [0.4, 0.5) is 4.79 Å². The second-order valence-electron chi connectivity index (χ2n) is 6.19. The van der Waals surface area contributed by atoms with Crippen molar-refractivity contribution in [1.29, 1.82) is 0 Å². The van der Waals surface area contributed by atoms with E-state index in [0.29, 0.717) is 25.3 Å². The van der Waals surface area contributed by atoms with Crippen LogP contribution in [-0.2, 0) is 9.47 Å². The molecular formula is C14H28N2O3. The first kappa shape index (κ1) is 16.2. The van der Waals surface area contributed by atoms with Gasteiger partial charge in [0.1, 0.15) is 5.60 Å². The van der Waals surface area contributed by atoms with Gasteiger partial charge in [-0.3, -0.25) is 0 Å². The van der Waals surface area contributed by atoms with Gasteiger partial charge in [0.05, 0.1) is 6.10 Å². The predicted molar refractivity (Wildman–Crippen MR) is 75.0 cm³/mol. The van der Waals surface area contributed by atoms with Crippen LogP contribution in [0, 0.1) is 0 Å². The first-order chi connectivity index (χ1) is 8.87. The number of nitrogens with two attached hydrogens (primary N) is 1. The SMILES string of the molecule is CC(C)(C)OC(=O)NCCCOC1CCC(N)CC1. The smallest absolute Gasteiger partial charge is 0.407 e. The van der Waals surface area contributed by atoms with Crippen molar-refractivity contribution in [3.05, 3.63) is 0 Å². The molecule has 0 radical (unpaired) electrons. The standard InChI is InChI=1S/C14H28N2O3/c1-14(2,3)19-13(17)16-9-4-10-18-12-7-5-11(15)6-8-12/h11-12H,4-10,15H2,1-3H3,(H,16,17). The molecule has 0 aromatic heterocycles. The maximum absolute atomic E-state index is 11.4. The molecule has 1 rings (SSSR count). The van der Waals surface area contributed by atoms with Gasteiger partial charge in [-0.2, -0.15) is 0 Å². The van der Waals surface area contributed by atoms with E-state index in [1.54, 1.807) is 0 Å². The third-order valence-electron chi connectivity index (χ3n) is 3.06. The molecule has 1 amide bonds. The number of hydrogen-bond acceptors (Lipinski definition) is 4. The summed E-state index contributed by atoms with van der Waals surface area (Å²) in [5, 5.41) is 2.72. The maximum Gasteiger partial charge on any atom is 0.407 e. The molecule has 1 aliphatic rings. The van der Waals surface area contributed by atoms with Crippen LogP contribution in [0.3, 0.4) is 0 Å². The molecule has 0 aromatic rings. The minimum absolute atomic E-state index is 0.348. The van der Waals surface area contributed by atoms with E-state index in [0.717, 1.165) is 32.1 Å². The van der Waals surface area contributed by atoms with Gasteiger partial charge in [0.2, 0.25) is 0 Å². The molecule has 1 saturated carbocycles. The highest BCUT2D eigenvalue weighted by Crippen LogP contribution is 2.19. The van der Waals surface area contributed by atoms with Crippen molar-refractivity contribution in [3.63, 3.8) is 0 Å². The Morgan fingerprint density at radius 1 is 1.26 bits per heavy atom. The Morgan fingerprint density at radius 3 is 2.47 bits per heavy atom. The molecule has 19 heavy (non-hydrogen) atoms. The van der Waals surface area contributed by atoms with Crippen LogP contribution in [0.2, 0.25) is 0 Å². The van der Waals surface area contributed by atoms with E-state index in [-0.39, 0.29) is 6.09 Å². The Balaban J connectivity index is 1.98. The lowest BCUT2D eigenvalue weighted by molar-refractivity contribution is 0.0229. The summed E-state index contributed by atoms with van der Waals surface area (Å²) in [6.07, 6.45) is 5.02. The first-order valence-electron chi connectivity index (χ1n) is 7.21. The van der Waals surface area contributed by atoms with Crippen LogP contribution in [-0.4, -0.2) is 37.0 Å². The van der Waals surface area contributed by atoms with Crippen molar-refractivity contribution < 1.29 is 14.3 Å². The summed E-state index contributed by atoms with van der Waals surface area (Å²) in [5.41, 5.74) is 5.40. The summed E-state index contributed by atoms with van der Waals surface area (Å²) >= 11 is 0. The van der Waals surface area contributed by atoms with Crippen LogP contribution < -0.4 is 11.1 Å². The number of alkyl carbamates (subject to hydrolysis) is 1. The highest BCUT2D eigenvalue weighted by Gasteiger charge is 2.18. The zero-order valence-electron chi connectivity index (χ0n) is 12.4. The normalized spacial score (nSPS) is 24.0. The Morgan fingerprint density at radius 2 is 1.89 bits per heavy atom. The predicted octanol–water partition coefficient (Wildman–Crippen LogP) is 2.19. The van der Waals surface area contributed by atoms with Gasteiger partial charge in [-0.15, -0.1) is 0 Å². The number of nitrogens with one attached hydrogen (secondary N) is 1. The zero-order valence-corrected chi connectivity index (χ0v) is 12.4. The lowest BCUT2D eigenvalue weighted by Crippen LogP contribution is -2.34. The van der Waals surface area contributed by atoms with Crippen molar-refractivity contribution in [2.75, 3.05) is 13.2 Å². The molecule has 5 heteroatoms. The van der Waals surface area contributed by atoms with Gasteiger partial charge >= 0.3 is 6.09 Å². The summed E-state index contributed by atoms with van der Waals surface area (Å²) in [7, 11) is 0. The number of carbonyl (C=O) groups is 1. The second kappa shape index (κ2) is 7.70. The lowest BCUT2D eigenvalue weighted by Gasteiger charge is -2.26. The largest absolute Gasteiger partial charge is 0.444 e. The van der Waals surface area contributed by atoms with Gasteiger partial charge in [-0.05, 0) is 52.9 Å². The third-order valence-corrected chi connectivity index (χ3v) is 3.06. The van der Waals surface area contributed by atoms with Crippen LogP contribution >= 0.6 is 0 Å². The molecule has 0 atom stereocenters. The minimum Gasteiger partial charge on any atom is -0.444 e. The molecule has 0 aliphatic heterocycles. The Hall–Kier alpha value is -0.810. The van der Waals surface area contributed by atoms with Gasteiger partial charge in [-0.1, -0.05) is 0 Å². The Bertz CT molecular complexity index is 268. The van der Waals surface area contributed by atoms with Gasteiger partial charge in [0.15, 0.2) is 0 Å². The molecule has 0 bridgehead atoms. The van der Waals surface area contributed by atoms with Crippen molar-refractivity contribution in [3.8, 4) is 0 Å². The quantitative estimate of drug-likeness (QED) is 0.752. The third kappa shape index (κ3) is 8.06. The number of hydrogen-bond donors (Lipinski definition) is 2. The fraction of sp³-hybridized carbons (Fsp3) is 0.929. The number of carbonyl (C=O) groups excluding carboxylic acids is 1. The van der Waals surface area contributed by atoms with Crippen molar-refractivity contribution in [1.82, 2.24) is 5.32 Å². The average Bonchev–Trinajstić information content (AvgIpc) is 2.29. The van der Waals surface area contributed by atoms with E-state index in [4.69, 9.17) is 15.2 Å². The van der Waals surface area contributed by atoms with Crippen molar-refractivity contribution in [2.45, 2.75) is 70.6 Å². The minimum atomic E-state index is -0.443. The van der Waals surface area contributed by atoms with Gasteiger partial charge in [0.25, 0.3) is 0 Å². The van der Waals surface area contributed by atoms with E-state index in [1.165, 1.54) is 0 Å². The molecule has 0 spiro atoms. The van der Waals surface area contributed by atoms with Gasteiger partial charge in [-0.25, -0.2) is 4.79 Å². The molecule has 1 fully saturated rings. The molecular weight excluding hydrogens is 244 g/mol. The number of rotatable bonds is 5. The molecule has 5 nitrogen and oxygen atoms in total. The lowest BCUT2D eigenvalue weighted by atomic mass is 9.94. The highest BCUT2D eigenvalue weighted by molar-refractivity contribution is 5.67. The van der Waals surface area contributed by atoms with Gasteiger partial charge in [0, 0.05) is 19.2 Å². The summed E-state index contributed by atoms with van der Waals surface area (Å²) in [4.78, 5) is 11.4. The zero-order chi connectivity index (χ0) is 14.3. The van der Waals surface area contributed by atoms with Crippen LogP contribution in [0.25, 0.3) is 0 Å². The monoisotopic (exact) mass is 272 g/mol. The van der Waals surface area contributed by atoms with E-state index in [1.807, 2.05) is 20.8 Å². The molecule has 3 N–H and O–H groups in total. The number of ether oxygens (including phenoxy) is 2. The highest BCUT2D eigenvalue weighted by atomic mass is 16.6. The maximum atomic E-state index is 11.4. The molecule has 1 aliphatic carbocycles. The fourth-order valence-corrected chi connectivity index (χ4v) is 2.08. The topological polar surface area (TPSA) is 73.6 Å². The summed E-state index contributed by atoms with van der Waals surface area (Å²) < 4.78 is 10.9. The molecule has 0 aromatic carbocycles. The van der Waals surface area contributed by atoms with E-state index < -0.39 is 5.60 Å². The first-order valence-corrected chi connectivity index (χ1v) is 7.21. The second-order valence-corrected chi connectivity index (χ2v) is 6.19. The Kier molecular flexibility index (Phi) is 6.58. The molecule has 0 saturated heterocycles. The fourth-order valence-electron chi connectivity index (χ4n) is 2.08. The van der Waals surface area contributed by atoms with E-state index >= 15 is 0 Å². The number of amides is 1. The molecule has 0 heterocycles. The summed E-state index contributed by atoms with van der Waals surface area (Å²) in [5.74, 6) is 0. The van der Waals surface area contributed by atoms with E-state index in [9.17, 15) is 4.79 Å². The van der Waals surface area contributed by atoms with Crippen LogP contribution in [0.5, 0.6) is 0 Å². The summed E-state index contributed by atoms with van der Waals surface area (Å²) in [6.45, 7) is 6.81. The van der Waals surface area contributed by atoms with Crippen LogP contribution in [0.15, 0.2) is 0 Å². The van der Waals surface area contributed by atoms with Crippen molar-refractivity contribution >= 4 is 6.09 Å². The molecule has 0 unspecified atom stereocenters. The average molecular weight is 272 g/mol. The van der Waals surface area contributed by atoms with Crippen LogP contribution in [0.1, 0.15) is 52.9 Å². The van der Waals surface area contributed by atoms with E-state index in [2.05, 4.69) is 5.32 Å². The van der Waals surface area contributed by atoms with Crippen molar-refractivity contribution in [2.24, 2.45) is 5.73 Å². The molecule has 112 valence electrons. The van der Waals surface area contributed by atoms with Gasteiger partial charge < -0.3 is 20.5 Å². The summed E-state index contributed by atoms with van der Waals surface area (Å²) in [6, 6.07) is 0.355.